The summed E-state index contributed by atoms with van der Waals surface area (Å²) in [4.78, 5) is 14.8. The van der Waals surface area contributed by atoms with Crippen molar-refractivity contribution in [3.05, 3.63) is 224 Å². The van der Waals surface area contributed by atoms with Gasteiger partial charge in [0, 0.05) is 49.6 Å². The topological polar surface area (TPSA) is 48.5 Å². The average molecular weight is 792 g/mol. The Labute approximate surface area is 358 Å². The van der Waals surface area contributed by atoms with Gasteiger partial charge < -0.3 is 9.13 Å². The Hall–Kier alpha value is -8.41. The molecule has 0 saturated carbocycles. The fraction of sp³-hybridized carbons (Fsp3) is 0. The molecule has 5 nitrogen and oxygen atoms in total. The molecule has 0 radical (unpaired) electrons. The number of hydrogen-bond donors (Lipinski definition) is 0. The van der Waals surface area contributed by atoms with E-state index < -0.39 is 0 Å². The summed E-state index contributed by atoms with van der Waals surface area (Å²) in [7, 11) is 0. The van der Waals surface area contributed by atoms with Gasteiger partial charge in [-0.2, -0.15) is 0 Å². The van der Waals surface area contributed by atoms with E-state index in [9.17, 15) is 0 Å². The molecule has 0 unspecified atom stereocenters. The molecule has 12 rings (SSSR count). The first-order chi connectivity index (χ1) is 30.7. The quantitative estimate of drug-likeness (QED) is 0.162. The van der Waals surface area contributed by atoms with Crippen LogP contribution in [-0.2, 0) is 0 Å². The maximum atomic E-state index is 4.95. The molecule has 0 atom stereocenters. The lowest BCUT2D eigenvalue weighted by Crippen LogP contribution is -2.00. The first kappa shape index (κ1) is 35.5. The second-order valence-electron chi connectivity index (χ2n) is 15.7. The van der Waals surface area contributed by atoms with Gasteiger partial charge in [0.15, 0.2) is 17.5 Å². The molecule has 0 N–H and O–H groups in total. The Kier molecular flexibility index (Phi) is 8.42. The first-order valence-electron chi connectivity index (χ1n) is 20.9. The van der Waals surface area contributed by atoms with Crippen molar-refractivity contribution in [1.29, 1.82) is 0 Å². The Morgan fingerprint density at radius 3 is 1.06 bits per heavy atom. The molecule has 62 heavy (non-hydrogen) atoms. The summed E-state index contributed by atoms with van der Waals surface area (Å²) in [5, 5.41) is 4.97. The van der Waals surface area contributed by atoms with Gasteiger partial charge in [-0.25, -0.2) is 15.0 Å². The van der Waals surface area contributed by atoms with Gasteiger partial charge in [0.2, 0.25) is 0 Å². The Morgan fingerprint density at radius 2 is 0.565 bits per heavy atom. The van der Waals surface area contributed by atoms with E-state index in [1.807, 2.05) is 60.7 Å². The van der Waals surface area contributed by atoms with Crippen LogP contribution < -0.4 is 0 Å². The normalized spacial score (nSPS) is 11.5. The van der Waals surface area contributed by atoms with Crippen molar-refractivity contribution >= 4 is 43.6 Å². The zero-order valence-electron chi connectivity index (χ0n) is 33.6. The molecule has 3 aromatic heterocycles. The molecule has 0 aliphatic carbocycles. The highest BCUT2D eigenvalue weighted by Crippen LogP contribution is 2.38. The lowest BCUT2D eigenvalue weighted by atomic mass is 10.0. The monoisotopic (exact) mass is 791 g/mol. The number of benzene rings is 9. The van der Waals surface area contributed by atoms with E-state index in [0.29, 0.717) is 17.5 Å². The summed E-state index contributed by atoms with van der Waals surface area (Å²) in [6.45, 7) is 0. The van der Waals surface area contributed by atoms with Crippen LogP contribution in [0.5, 0.6) is 0 Å². The predicted molar refractivity (Wildman–Crippen MR) is 256 cm³/mol. The van der Waals surface area contributed by atoms with Gasteiger partial charge in [-0.05, 0) is 70.8 Å². The molecule has 3 heterocycles. The minimum atomic E-state index is 0.639. The van der Waals surface area contributed by atoms with Crippen molar-refractivity contribution in [2.45, 2.75) is 0 Å². The van der Waals surface area contributed by atoms with E-state index in [0.717, 1.165) is 44.7 Å². The molecule has 0 fully saturated rings. The summed E-state index contributed by atoms with van der Waals surface area (Å²) < 4.78 is 4.79. The summed E-state index contributed by atoms with van der Waals surface area (Å²) in [6.07, 6.45) is 0. The van der Waals surface area contributed by atoms with Crippen LogP contribution in [0.15, 0.2) is 224 Å². The highest BCUT2D eigenvalue weighted by atomic mass is 15.0. The molecular formula is C57H37N5. The Morgan fingerprint density at radius 1 is 0.226 bits per heavy atom. The largest absolute Gasteiger partial charge is 0.309 e. The van der Waals surface area contributed by atoms with E-state index in [1.54, 1.807) is 0 Å². The smallest absolute Gasteiger partial charge is 0.164 e. The van der Waals surface area contributed by atoms with Crippen molar-refractivity contribution < 1.29 is 0 Å². The van der Waals surface area contributed by atoms with E-state index in [4.69, 9.17) is 15.0 Å². The third kappa shape index (κ3) is 6.06. The van der Waals surface area contributed by atoms with E-state index in [-0.39, 0.29) is 0 Å². The van der Waals surface area contributed by atoms with E-state index in [1.165, 1.54) is 49.2 Å². The standard InChI is InChI=1S/C57H37N5/c1-3-15-39(16-4-1)55-58-56(40-17-5-2-6-18-40)60-57(59-55)41-31-29-38(30-32-41)42-19-13-22-46(35-42)62-53-28-12-9-25-49(53)50-34-33-44(37-54(50)62)43-20-14-21-45(36-43)61-51-26-10-7-23-47(51)48-24-8-11-27-52(48)61/h1-37H. The maximum Gasteiger partial charge on any atom is 0.164 e. The molecule has 0 aliphatic rings. The number of para-hydroxylation sites is 3. The molecule has 9 aromatic carbocycles. The van der Waals surface area contributed by atoms with Crippen LogP contribution in [0.25, 0.3) is 111 Å². The number of hydrogen-bond acceptors (Lipinski definition) is 3. The second-order valence-corrected chi connectivity index (χ2v) is 15.7. The van der Waals surface area contributed by atoms with Gasteiger partial charge in [0.1, 0.15) is 0 Å². The zero-order valence-corrected chi connectivity index (χ0v) is 33.6. The van der Waals surface area contributed by atoms with Gasteiger partial charge in [-0.3, -0.25) is 0 Å². The van der Waals surface area contributed by atoms with Gasteiger partial charge in [-0.15, -0.1) is 0 Å². The summed E-state index contributed by atoms with van der Waals surface area (Å²) in [5.74, 6) is 1.94. The number of fused-ring (bicyclic) bond motifs is 6. The highest BCUT2D eigenvalue weighted by Gasteiger charge is 2.17. The predicted octanol–water partition coefficient (Wildman–Crippen LogP) is 14.4. The van der Waals surface area contributed by atoms with Crippen LogP contribution >= 0.6 is 0 Å². The first-order valence-corrected chi connectivity index (χ1v) is 20.9. The highest BCUT2D eigenvalue weighted by molar-refractivity contribution is 6.11. The SMILES string of the molecule is c1ccc(-c2nc(-c3ccccc3)nc(-c3ccc(-c4cccc(-n5c6ccccc6c6ccc(-c7cccc(-n8c9ccccc9c9ccccc98)c7)cc65)c4)cc3)n2)cc1. The summed E-state index contributed by atoms with van der Waals surface area (Å²) in [5.41, 5.74) is 14.4. The van der Waals surface area contributed by atoms with Crippen LogP contribution in [0, 0.1) is 0 Å². The summed E-state index contributed by atoms with van der Waals surface area (Å²) >= 11 is 0. The Bertz CT molecular complexity index is 3510. The van der Waals surface area contributed by atoms with Crippen LogP contribution in [0.2, 0.25) is 0 Å². The van der Waals surface area contributed by atoms with Crippen molar-refractivity contribution in [3.8, 4) is 67.8 Å². The van der Waals surface area contributed by atoms with Crippen molar-refractivity contribution in [3.63, 3.8) is 0 Å². The van der Waals surface area contributed by atoms with Gasteiger partial charge in [-0.1, -0.05) is 176 Å². The number of rotatable bonds is 7. The number of nitrogens with zero attached hydrogens (tertiary/aromatic N) is 5. The molecule has 0 bridgehead atoms. The van der Waals surface area contributed by atoms with Crippen molar-refractivity contribution in [2.75, 3.05) is 0 Å². The van der Waals surface area contributed by atoms with Crippen molar-refractivity contribution in [2.24, 2.45) is 0 Å². The zero-order chi connectivity index (χ0) is 41.0. The number of aromatic nitrogens is 5. The lowest BCUT2D eigenvalue weighted by Gasteiger charge is -2.13. The average Bonchev–Trinajstić information content (AvgIpc) is 3.87. The fourth-order valence-corrected chi connectivity index (χ4v) is 9.03. The maximum absolute atomic E-state index is 4.95. The van der Waals surface area contributed by atoms with Gasteiger partial charge in [0.05, 0.1) is 22.1 Å². The van der Waals surface area contributed by atoms with Crippen LogP contribution in [-0.4, -0.2) is 24.1 Å². The van der Waals surface area contributed by atoms with E-state index >= 15 is 0 Å². The second kappa shape index (κ2) is 14.7. The third-order valence-corrected chi connectivity index (χ3v) is 12.0. The Balaban J connectivity index is 0.931. The molecular weight excluding hydrogens is 755 g/mol. The van der Waals surface area contributed by atoms with Gasteiger partial charge >= 0.3 is 0 Å². The molecule has 0 spiro atoms. The van der Waals surface area contributed by atoms with Gasteiger partial charge in [0.25, 0.3) is 0 Å². The van der Waals surface area contributed by atoms with Crippen LogP contribution in [0.1, 0.15) is 0 Å². The van der Waals surface area contributed by atoms with Crippen LogP contribution in [0.4, 0.5) is 0 Å². The third-order valence-electron chi connectivity index (χ3n) is 12.0. The van der Waals surface area contributed by atoms with Crippen LogP contribution in [0.3, 0.4) is 0 Å². The van der Waals surface area contributed by atoms with E-state index in [2.05, 4.69) is 173 Å². The molecule has 5 heteroatoms. The molecule has 0 amide bonds. The lowest BCUT2D eigenvalue weighted by molar-refractivity contribution is 1.07. The molecule has 12 aromatic rings. The molecule has 0 saturated heterocycles. The molecule has 290 valence electrons. The fourth-order valence-electron chi connectivity index (χ4n) is 9.03. The minimum Gasteiger partial charge on any atom is -0.309 e. The van der Waals surface area contributed by atoms with Crippen molar-refractivity contribution in [1.82, 2.24) is 24.1 Å². The minimum absolute atomic E-state index is 0.639. The summed E-state index contributed by atoms with van der Waals surface area (Å²) in [6, 6.07) is 79.5. The molecule has 0 aliphatic heterocycles.